The van der Waals surface area contributed by atoms with Gasteiger partial charge in [-0.15, -0.1) is 0 Å². The van der Waals surface area contributed by atoms with Gasteiger partial charge in [-0.1, -0.05) is 12.1 Å². The van der Waals surface area contributed by atoms with E-state index in [9.17, 15) is 19.2 Å². The molecule has 5 amide bonds. The first-order chi connectivity index (χ1) is 19.2. The van der Waals surface area contributed by atoms with E-state index in [-0.39, 0.29) is 23.8 Å². The summed E-state index contributed by atoms with van der Waals surface area (Å²) >= 11 is 0. The number of ether oxygens (including phenoxy) is 3. The molecule has 1 fully saturated rings. The molecule has 1 saturated heterocycles. The predicted molar refractivity (Wildman–Crippen MR) is 150 cm³/mol. The van der Waals surface area contributed by atoms with Crippen molar-refractivity contribution >= 4 is 41.2 Å². The number of amides is 5. The number of imide groups is 2. The summed E-state index contributed by atoms with van der Waals surface area (Å²) in [5.41, 5.74) is 3.35. The van der Waals surface area contributed by atoms with E-state index in [4.69, 9.17) is 14.2 Å². The molecular weight excluding hydrogens is 514 g/mol. The van der Waals surface area contributed by atoms with Crippen molar-refractivity contribution in [1.29, 1.82) is 0 Å². The summed E-state index contributed by atoms with van der Waals surface area (Å²) in [4.78, 5) is 51.6. The van der Waals surface area contributed by atoms with Crippen molar-refractivity contribution in [3.8, 4) is 17.2 Å². The number of carbonyl (C=O) groups is 4. The molecule has 3 aromatic carbocycles. The fraction of sp³-hybridized carbons (Fsp3) is 0.200. The summed E-state index contributed by atoms with van der Waals surface area (Å²) in [6, 6.07) is 15.8. The number of methoxy groups -OCH3 is 1. The van der Waals surface area contributed by atoms with Gasteiger partial charge in [0.2, 0.25) is 0 Å². The van der Waals surface area contributed by atoms with Crippen molar-refractivity contribution in [3.05, 3.63) is 82.9 Å². The van der Waals surface area contributed by atoms with Crippen LogP contribution in [0.2, 0.25) is 0 Å². The largest absolute Gasteiger partial charge is 0.497 e. The second-order valence-electron chi connectivity index (χ2n) is 8.93. The smallest absolute Gasteiger partial charge is 0.335 e. The molecule has 0 spiro atoms. The molecule has 1 heterocycles. The van der Waals surface area contributed by atoms with Crippen molar-refractivity contribution in [2.45, 2.75) is 20.8 Å². The van der Waals surface area contributed by atoms with Gasteiger partial charge in [-0.2, -0.15) is 0 Å². The number of barbiturate groups is 1. The van der Waals surface area contributed by atoms with Gasteiger partial charge in [0.15, 0.2) is 18.1 Å². The molecule has 0 radical (unpaired) electrons. The van der Waals surface area contributed by atoms with Gasteiger partial charge in [0.05, 0.1) is 19.4 Å². The van der Waals surface area contributed by atoms with Gasteiger partial charge in [-0.3, -0.25) is 19.7 Å². The van der Waals surface area contributed by atoms with E-state index < -0.39 is 17.8 Å². The number of anilines is 2. The van der Waals surface area contributed by atoms with E-state index in [0.29, 0.717) is 35.1 Å². The molecule has 0 bridgehead atoms. The van der Waals surface area contributed by atoms with E-state index in [1.807, 2.05) is 32.0 Å². The van der Waals surface area contributed by atoms with E-state index in [1.165, 1.54) is 13.2 Å². The molecule has 0 unspecified atom stereocenters. The zero-order valence-electron chi connectivity index (χ0n) is 22.6. The van der Waals surface area contributed by atoms with Crippen LogP contribution in [-0.4, -0.2) is 44.1 Å². The first kappa shape index (κ1) is 27.9. The summed E-state index contributed by atoms with van der Waals surface area (Å²) in [6.45, 7) is 5.80. The summed E-state index contributed by atoms with van der Waals surface area (Å²) in [5, 5.41) is 4.99. The Labute approximate surface area is 231 Å². The Morgan fingerprint density at radius 1 is 0.925 bits per heavy atom. The lowest BCUT2D eigenvalue weighted by Crippen LogP contribution is -2.54. The molecule has 10 heteroatoms. The molecule has 2 N–H and O–H groups in total. The van der Waals surface area contributed by atoms with Gasteiger partial charge in [0.25, 0.3) is 17.7 Å². The Kier molecular flexibility index (Phi) is 8.48. The quantitative estimate of drug-likeness (QED) is 0.303. The minimum Gasteiger partial charge on any atom is -0.497 e. The standard InChI is InChI=1S/C30H29N3O7/c1-5-39-26-16-20(7-13-25(26)40-17-27(34)31-21-8-6-18(2)19(3)14-21)15-24-28(35)32-30(37)33(29(24)36)22-9-11-23(38-4)12-10-22/h6-16H,5,17H2,1-4H3,(H,31,34)(H,32,35,37)/b24-15+. The number of carbonyl (C=O) groups excluding carboxylic acids is 4. The maximum atomic E-state index is 13.2. The highest BCUT2D eigenvalue weighted by Crippen LogP contribution is 2.30. The number of urea groups is 1. The van der Waals surface area contributed by atoms with Crippen LogP contribution in [0.4, 0.5) is 16.2 Å². The second kappa shape index (κ2) is 12.2. The van der Waals surface area contributed by atoms with Crippen LogP contribution in [0.1, 0.15) is 23.6 Å². The van der Waals surface area contributed by atoms with Crippen molar-refractivity contribution in [3.63, 3.8) is 0 Å². The lowest BCUT2D eigenvalue weighted by Gasteiger charge is -2.26. The van der Waals surface area contributed by atoms with Crippen LogP contribution in [0.5, 0.6) is 17.2 Å². The van der Waals surface area contributed by atoms with Crippen LogP contribution in [0.15, 0.2) is 66.2 Å². The lowest BCUT2D eigenvalue weighted by molar-refractivity contribution is -0.122. The Morgan fingerprint density at radius 2 is 1.68 bits per heavy atom. The van der Waals surface area contributed by atoms with Gasteiger partial charge in [0, 0.05) is 5.69 Å². The molecule has 1 aliphatic heterocycles. The molecule has 40 heavy (non-hydrogen) atoms. The highest BCUT2D eigenvalue weighted by molar-refractivity contribution is 6.39. The number of aryl methyl sites for hydroxylation is 2. The van der Waals surface area contributed by atoms with E-state index >= 15 is 0 Å². The first-order valence-electron chi connectivity index (χ1n) is 12.5. The van der Waals surface area contributed by atoms with Crippen LogP contribution in [-0.2, 0) is 14.4 Å². The average molecular weight is 544 g/mol. The number of nitrogens with one attached hydrogen (secondary N) is 2. The third-order valence-electron chi connectivity index (χ3n) is 6.16. The molecule has 4 rings (SSSR count). The molecule has 1 aliphatic rings. The predicted octanol–water partition coefficient (Wildman–Crippen LogP) is 4.39. The Bertz CT molecular complexity index is 1500. The minimum absolute atomic E-state index is 0.237. The highest BCUT2D eigenvalue weighted by Gasteiger charge is 2.36. The third-order valence-corrected chi connectivity index (χ3v) is 6.16. The van der Waals surface area contributed by atoms with Crippen LogP contribution >= 0.6 is 0 Å². The Hall–Kier alpha value is -5.12. The number of benzene rings is 3. The van der Waals surface area contributed by atoms with Gasteiger partial charge in [-0.25, -0.2) is 9.69 Å². The van der Waals surface area contributed by atoms with Crippen LogP contribution in [0, 0.1) is 13.8 Å². The van der Waals surface area contributed by atoms with Crippen LogP contribution < -0.4 is 29.7 Å². The maximum absolute atomic E-state index is 13.2. The molecule has 0 atom stereocenters. The second-order valence-corrected chi connectivity index (χ2v) is 8.93. The SMILES string of the molecule is CCOc1cc(/C=C2\C(=O)NC(=O)N(c3ccc(OC)cc3)C2=O)ccc1OCC(=O)Nc1ccc(C)c(C)c1. The highest BCUT2D eigenvalue weighted by atomic mass is 16.5. The molecule has 0 aliphatic carbocycles. The van der Waals surface area contributed by atoms with E-state index in [2.05, 4.69) is 10.6 Å². The zero-order chi connectivity index (χ0) is 28.8. The number of nitrogens with zero attached hydrogens (tertiary/aromatic N) is 1. The van der Waals surface area contributed by atoms with E-state index in [0.717, 1.165) is 16.0 Å². The van der Waals surface area contributed by atoms with Crippen LogP contribution in [0.3, 0.4) is 0 Å². The molecular formula is C30H29N3O7. The summed E-state index contributed by atoms with van der Waals surface area (Å²) in [5.74, 6) is -0.754. The van der Waals surface area contributed by atoms with E-state index in [1.54, 1.807) is 49.4 Å². The summed E-state index contributed by atoms with van der Waals surface area (Å²) < 4.78 is 16.5. The fourth-order valence-corrected chi connectivity index (χ4v) is 3.95. The number of hydrogen-bond acceptors (Lipinski definition) is 7. The van der Waals surface area contributed by atoms with Crippen molar-refractivity contribution in [2.75, 3.05) is 30.5 Å². The normalized spacial score (nSPS) is 14.2. The monoisotopic (exact) mass is 543 g/mol. The molecule has 0 aromatic heterocycles. The van der Waals surface area contributed by atoms with Crippen molar-refractivity contribution < 1.29 is 33.4 Å². The Balaban J connectivity index is 1.52. The average Bonchev–Trinajstić information content (AvgIpc) is 2.93. The zero-order valence-corrected chi connectivity index (χ0v) is 22.6. The van der Waals surface area contributed by atoms with Crippen molar-refractivity contribution in [2.24, 2.45) is 0 Å². The molecule has 206 valence electrons. The summed E-state index contributed by atoms with van der Waals surface area (Å²) in [7, 11) is 1.50. The third kappa shape index (κ3) is 6.29. The number of hydrogen-bond donors (Lipinski definition) is 2. The Morgan fingerprint density at radius 3 is 2.35 bits per heavy atom. The topological polar surface area (TPSA) is 123 Å². The maximum Gasteiger partial charge on any atom is 0.335 e. The molecule has 10 nitrogen and oxygen atoms in total. The van der Waals surface area contributed by atoms with Gasteiger partial charge in [-0.05, 0) is 92.1 Å². The van der Waals surface area contributed by atoms with Crippen molar-refractivity contribution in [1.82, 2.24) is 5.32 Å². The lowest BCUT2D eigenvalue weighted by atomic mass is 10.1. The first-order valence-corrected chi connectivity index (χ1v) is 12.5. The van der Waals surface area contributed by atoms with Gasteiger partial charge in [0.1, 0.15) is 11.3 Å². The summed E-state index contributed by atoms with van der Waals surface area (Å²) in [6.07, 6.45) is 1.36. The minimum atomic E-state index is -0.852. The van der Waals surface area contributed by atoms with Crippen LogP contribution in [0.25, 0.3) is 6.08 Å². The number of rotatable bonds is 9. The van der Waals surface area contributed by atoms with Gasteiger partial charge < -0.3 is 19.5 Å². The molecule has 0 saturated carbocycles. The fourth-order valence-electron chi connectivity index (χ4n) is 3.95. The molecule has 3 aromatic rings. The van der Waals surface area contributed by atoms with Gasteiger partial charge >= 0.3 is 6.03 Å².